The van der Waals surface area contributed by atoms with Crippen molar-refractivity contribution in [2.45, 2.75) is 44.4 Å². The molecule has 142 valence electrons. The van der Waals surface area contributed by atoms with E-state index in [1.54, 1.807) is 6.92 Å². The molecule has 2 amide bonds. The zero-order chi connectivity index (χ0) is 18.2. The van der Waals surface area contributed by atoms with Crippen molar-refractivity contribution in [3.63, 3.8) is 0 Å². The molecule has 1 unspecified atom stereocenters. The van der Waals surface area contributed by atoms with Crippen LogP contribution in [0.5, 0.6) is 0 Å². The Bertz CT molecular complexity index is 545. The summed E-state index contributed by atoms with van der Waals surface area (Å²) in [5, 5.41) is 5.30. The first-order chi connectivity index (χ1) is 11.4. The Hall–Kier alpha value is -1.31. The van der Waals surface area contributed by atoms with E-state index in [4.69, 9.17) is 5.73 Å². The molecule has 0 heterocycles. The van der Waals surface area contributed by atoms with E-state index >= 15 is 0 Å². The van der Waals surface area contributed by atoms with Gasteiger partial charge in [0.2, 0.25) is 11.8 Å². The van der Waals surface area contributed by atoms with Crippen LogP contribution >= 0.6 is 24.2 Å². The van der Waals surface area contributed by atoms with Gasteiger partial charge in [0, 0.05) is 12.2 Å². The molecular formula is C17H27ClFN3O2S. The summed E-state index contributed by atoms with van der Waals surface area (Å²) in [6.07, 6.45) is 1.52. The molecule has 8 heteroatoms. The molecule has 0 bridgehead atoms. The van der Waals surface area contributed by atoms with Crippen LogP contribution in [0.15, 0.2) is 24.3 Å². The van der Waals surface area contributed by atoms with Crippen LogP contribution in [0.2, 0.25) is 0 Å². The van der Waals surface area contributed by atoms with Crippen molar-refractivity contribution in [1.29, 1.82) is 0 Å². The number of anilines is 1. The van der Waals surface area contributed by atoms with Crippen LogP contribution in [0, 0.1) is 5.82 Å². The number of benzene rings is 1. The number of hydrogen-bond acceptors (Lipinski definition) is 4. The van der Waals surface area contributed by atoms with Gasteiger partial charge in [0.25, 0.3) is 0 Å². The first-order valence-electron chi connectivity index (χ1n) is 8.05. The summed E-state index contributed by atoms with van der Waals surface area (Å²) in [6, 6.07) is 5.54. The number of hydrogen-bond donors (Lipinski definition) is 3. The van der Waals surface area contributed by atoms with Gasteiger partial charge >= 0.3 is 0 Å². The van der Waals surface area contributed by atoms with Gasteiger partial charge in [-0.2, -0.15) is 0 Å². The summed E-state index contributed by atoms with van der Waals surface area (Å²) >= 11 is 1.25. The Balaban J connectivity index is 0.00000576. The van der Waals surface area contributed by atoms with E-state index in [-0.39, 0.29) is 46.6 Å². The third-order valence-corrected chi connectivity index (χ3v) is 5.24. The highest BCUT2D eigenvalue weighted by Crippen LogP contribution is 2.17. The lowest BCUT2D eigenvalue weighted by molar-refractivity contribution is -0.122. The second-order valence-corrected chi connectivity index (χ2v) is 7.02. The highest BCUT2D eigenvalue weighted by Gasteiger charge is 2.28. The van der Waals surface area contributed by atoms with Gasteiger partial charge < -0.3 is 16.4 Å². The fourth-order valence-corrected chi connectivity index (χ4v) is 2.82. The minimum atomic E-state index is -0.387. The topological polar surface area (TPSA) is 84.2 Å². The summed E-state index contributed by atoms with van der Waals surface area (Å²) in [5.74, 6) is -0.575. The summed E-state index contributed by atoms with van der Waals surface area (Å²) in [7, 11) is 0. The maximum Gasteiger partial charge on any atom is 0.234 e. The smallest absolute Gasteiger partial charge is 0.234 e. The fourth-order valence-electron chi connectivity index (χ4n) is 2.14. The van der Waals surface area contributed by atoms with Crippen LogP contribution in [0.3, 0.4) is 0 Å². The predicted molar refractivity (Wildman–Crippen MR) is 105 cm³/mol. The number of nitrogens with one attached hydrogen (secondary N) is 2. The highest BCUT2D eigenvalue weighted by atomic mass is 35.5. The lowest BCUT2D eigenvalue weighted by Crippen LogP contribution is -2.54. The summed E-state index contributed by atoms with van der Waals surface area (Å²) in [4.78, 5) is 24.2. The Kier molecular flexibility index (Phi) is 10.7. The van der Waals surface area contributed by atoms with Crippen molar-refractivity contribution in [3.05, 3.63) is 30.1 Å². The van der Waals surface area contributed by atoms with Crippen LogP contribution in [0.25, 0.3) is 0 Å². The fraction of sp³-hybridized carbons (Fsp3) is 0.529. The van der Waals surface area contributed by atoms with Crippen molar-refractivity contribution in [2.75, 3.05) is 17.6 Å². The zero-order valence-electron chi connectivity index (χ0n) is 14.8. The normalized spacial score (nSPS) is 12.0. The van der Waals surface area contributed by atoms with Gasteiger partial charge in [-0.15, -0.1) is 24.2 Å². The third kappa shape index (κ3) is 7.63. The molecule has 0 fully saturated rings. The first kappa shape index (κ1) is 23.7. The summed E-state index contributed by atoms with van der Waals surface area (Å²) in [6.45, 7) is 6.13. The van der Waals surface area contributed by atoms with E-state index in [0.29, 0.717) is 12.2 Å². The molecule has 4 N–H and O–H groups in total. The lowest BCUT2D eigenvalue weighted by Gasteiger charge is -2.32. The molecule has 0 aromatic heterocycles. The lowest BCUT2D eigenvalue weighted by atomic mass is 9.93. The average molecular weight is 392 g/mol. The number of nitrogens with two attached hydrogens (primary N) is 1. The minimum absolute atomic E-state index is 0. The number of carbonyl (C=O) groups is 2. The maximum absolute atomic E-state index is 12.8. The van der Waals surface area contributed by atoms with Crippen molar-refractivity contribution in [3.8, 4) is 0 Å². The van der Waals surface area contributed by atoms with Gasteiger partial charge in [0.15, 0.2) is 0 Å². The third-order valence-electron chi connectivity index (χ3n) is 4.09. The summed E-state index contributed by atoms with van der Waals surface area (Å²) in [5.41, 5.74) is 5.92. The molecule has 25 heavy (non-hydrogen) atoms. The zero-order valence-corrected chi connectivity index (χ0v) is 16.4. The molecule has 0 radical (unpaired) electrons. The van der Waals surface area contributed by atoms with E-state index in [1.165, 1.54) is 36.0 Å². The van der Waals surface area contributed by atoms with E-state index in [9.17, 15) is 14.0 Å². The molecule has 1 aromatic carbocycles. The van der Waals surface area contributed by atoms with Crippen molar-refractivity contribution < 1.29 is 14.0 Å². The van der Waals surface area contributed by atoms with Crippen molar-refractivity contribution in [1.82, 2.24) is 5.32 Å². The second-order valence-electron chi connectivity index (χ2n) is 5.69. The largest absolute Gasteiger partial charge is 0.348 e. The van der Waals surface area contributed by atoms with Crippen LogP contribution in [0.1, 0.15) is 33.6 Å². The number of thioether (sulfide) groups is 1. The number of carbonyl (C=O) groups excluding carboxylic acids is 2. The van der Waals surface area contributed by atoms with Crippen LogP contribution in [-0.4, -0.2) is 34.9 Å². The van der Waals surface area contributed by atoms with E-state index in [2.05, 4.69) is 10.6 Å². The van der Waals surface area contributed by atoms with Crippen molar-refractivity contribution in [2.24, 2.45) is 5.73 Å². The van der Waals surface area contributed by atoms with Gasteiger partial charge in [-0.25, -0.2) is 4.39 Å². The van der Waals surface area contributed by atoms with Gasteiger partial charge in [0.1, 0.15) is 5.82 Å². The Morgan fingerprint density at radius 3 is 2.28 bits per heavy atom. The molecule has 0 aliphatic carbocycles. The molecule has 0 spiro atoms. The Morgan fingerprint density at radius 1 is 1.24 bits per heavy atom. The number of halogens is 2. The standard InChI is InChI=1S/C17H26FN3O2S.ClH/c1-4-17(5-2,11-19)21-16(23)12(3)24-10-15(22)20-14-8-6-13(18)7-9-14;/h6-9,12H,4-5,10-11,19H2,1-3H3,(H,20,22)(H,21,23);1H. The monoisotopic (exact) mass is 391 g/mol. The van der Waals surface area contributed by atoms with Gasteiger partial charge in [-0.3, -0.25) is 9.59 Å². The summed E-state index contributed by atoms with van der Waals surface area (Å²) < 4.78 is 12.8. The van der Waals surface area contributed by atoms with Gasteiger partial charge in [-0.1, -0.05) is 13.8 Å². The molecule has 5 nitrogen and oxygen atoms in total. The molecular weight excluding hydrogens is 365 g/mol. The molecule has 0 saturated heterocycles. The van der Waals surface area contributed by atoms with Crippen LogP contribution < -0.4 is 16.4 Å². The minimum Gasteiger partial charge on any atom is -0.348 e. The van der Waals surface area contributed by atoms with Crippen molar-refractivity contribution >= 4 is 41.7 Å². The quantitative estimate of drug-likeness (QED) is 0.604. The molecule has 0 aliphatic heterocycles. The predicted octanol–water partition coefficient (Wildman–Crippen LogP) is 2.94. The van der Waals surface area contributed by atoms with Crippen LogP contribution in [-0.2, 0) is 9.59 Å². The molecule has 0 aliphatic rings. The molecule has 1 aromatic rings. The second kappa shape index (κ2) is 11.3. The highest BCUT2D eigenvalue weighted by molar-refractivity contribution is 8.01. The van der Waals surface area contributed by atoms with E-state index in [1.807, 2.05) is 13.8 Å². The average Bonchev–Trinajstić information content (AvgIpc) is 2.59. The first-order valence-corrected chi connectivity index (χ1v) is 9.09. The van der Waals surface area contributed by atoms with E-state index < -0.39 is 0 Å². The Labute approximate surface area is 159 Å². The molecule has 1 atom stereocenters. The van der Waals surface area contributed by atoms with Crippen LogP contribution in [0.4, 0.5) is 10.1 Å². The van der Waals surface area contributed by atoms with Gasteiger partial charge in [-0.05, 0) is 44.0 Å². The Morgan fingerprint density at radius 2 is 1.80 bits per heavy atom. The van der Waals surface area contributed by atoms with Gasteiger partial charge in [0.05, 0.1) is 16.5 Å². The van der Waals surface area contributed by atoms with E-state index in [0.717, 1.165) is 12.8 Å². The number of amides is 2. The number of rotatable bonds is 9. The molecule has 0 saturated carbocycles. The SMILES string of the molecule is CCC(CC)(CN)NC(=O)C(C)SCC(=O)Nc1ccc(F)cc1.Cl. The molecule has 1 rings (SSSR count). The maximum atomic E-state index is 12.8.